The molecule has 16 heavy (non-hydrogen) atoms. The lowest BCUT2D eigenvalue weighted by Gasteiger charge is -2.03. The second kappa shape index (κ2) is 7.22. The molecule has 0 aromatic carbocycles. The van der Waals surface area contributed by atoms with Crippen LogP contribution in [0, 0.1) is 0 Å². The van der Waals surface area contributed by atoms with Crippen LogP contribution in [0.5, 0.6) is 0 Å². The number of hydrogen-bond donors (Lipinski definition) is 0. The van der Waals surface area contributed by atoms with E-state index in [9.17, 15) is 4.79 Å². The molecule has 1 aromatic heterocycles. The first kappa shape index (κ1) is 13.0. The highest BCUT2D eigenvalue weighted by Gasteiger charge is 2.08. The van der Waals surface area contributed by atoms with Gasteiger partial charge in [-0.2, -0.15) is 11.8 Å². The van der Waals surface area contributed by atoms with Gasteiger partial charge in [0.25, 0.3) is 0 Å². The number of rotatable bonds is 6. The van der Waals surface area contributed by atoms with Crippen LogP contribution in [0.4, 0.5) is 0 Å². The molecule has 0 amide bonds. The third-order valence-corrected chi connectivity index (χ3v) is 2.64. The maximum Gasteiger partial charge on any atom is 0.357 e. The van der Waals surface area contributed by atoms with E-state index in [1.165, 1.54) is 0 Å². The summed E-state index contributed by atoms with van der Waals surface area (Å²) in [6.45, 7) is 2.14. The van der Waals surface area contributed by atoms with Gasteiger partial charge in [0.1, 0.15) is 5.82 Å². The summed E-state index contributed by atoms with van der Waals surface area (Å²) in [7, 11) is 0. The number of nitrogens with zero attached hydrogens (tertiary/aromatic N) is 2. The van der Waals surface area contributed by atoms with Gasteiger partial charge in [-0.25, -0.2) is 14.8 Å². The summed E-state index contributed by atoms with van der Waals surface area (Å²) in [5.74, 6) is 1.41. The summed E-state index contributed by atoms with van der Waals surface area (Å²) in [6, 6.07) is 1.58. The lowest BCUT2D eigenvalue weighted by Crippen LogP contribution is -2.09. The Morgan fingerprint density at radius 3 is 3.06 bits per heavy atom. The molecule has 0 saturated heterocycles. The van der Waals surface area contributed by atoms with E-state index in [1.807, 2.05) is 0 Å². The first-order valence-electron chi connectivity index (χ1n) is 5.26. The van der Waals surface area contributed by atoms with E-state index < -0.39 is 0 Å². The van der Waals surface area contributed by atoms with Crippen molar-refractivity contribution in [3.8, 4) is 0 Å². The summed E-state index contributed by atoms with van der Waals surface area (Å²) < 4.78 is 4.88. The van der Waals surface area contributed by atoms with Crippen LogP contribution in [0.2, 0.25) is 0 Å². The predicted octanol–water partition coefficient (Wildman–Crippen LogP) is 1.95. The van der Waals surface area contributed by atoms with Gasteiger partial charge in [-0.05, 0) is 31.4 Å². The van der Waals surface area contributed by atoms with E-state index in [0.29, 0.717) is 18.1 Å². The van der Waals surface area contributed by atoms with Crippen LogP contribution in [0.25, 0.3) is 0 Å². The lowest BCUT2D eigenvalue weighted by molar-refractivity contribution is 0.0519. The molecular weight excluding hydrogens is 224 g/mol. The second-order valence-electron chi connectivity index (χ2n) is 3.17. The molecule has 0 atom stereocenters. The molecule has 0 N–H and O–H groups in total. The highest BCUT2D eigenvalue weighted by atomic mass is 32.2. The van der Waals surface area contributed by atoms with Crippen molar-refractivity contribution >= 4 is 17.7 Å². The Bertz CT molecular complexity index is 345. The summed E-state index contributed by atoms with van der Waals surface area (Å²) in [5.41, 5.74) is 0.344. The van der Waals surface area contributed by atoms with Crippen molar-refractivity contribution < 1.29 is 9.53 Å². The van der Waals surface area contributed by atoms with Crippen molar-refractivity contribution in [3.05, 3.63) is 23.8 Å². The molecule has 1 rings (SSSR count). The Labute approximate surface area is 99.8 Å². The molecule has 0 unspecified atom stereocenters. The molecular formula is C11H16N2O2S. The van der Waals surface area contributed by atoms with Crippen LogP contribution in [0.3, 0.4) is 0 Å². The number of aryl methyl sites for hydroxylation is 1. The molecule has 88 valence electrons. The highest BCUT2D eigenvalue weighted by molar-refractivity contribution is 7.98. The van der Waals surface area contributed by atoms with Crippen LogP contribution < -0.4 is 0 Å². The molecule has 1 aromatic rings. The standard InChI is InChI=1S/C11H16N2O2S/c1-3-15-11(14)9-6-7-12-10(13-9)5-4-8-16-2/h6-7H,3-5,8H2,1-2H3. The van der Waals surface area contributed by atoms with E-state index >= 15 is 0 Å². The van der Waals surface area contributed by atoms with Gasteiger partial charge in [0.2, 0.25) is 0 Å². The normalized spacial score (nSPS) is 10.1. The van der Waals surface area contributed by atoms with Gasteiger partial charge in [0.15, 0.2) is 5.69 Å². The summed E-state index contributed by atoms with van der Waals surface area (Å²) >= 11 is 1.79. The fraction of sp³-hybridized carbons (Fsp3) is 0.545. The molecule has 4 nitrogen and oxygen atoms in total. The topological polar surface area (TPSA) is 52.1 Å². The van der Waals surface area contributed by atoms with E-state index in [-0.39, 0.29) is 5.97 Å². The summed E-state index contributed by atoms with van der Waals surface area (Å²) in [6.07, 6.45) is 5.49. The van der Waals surface area contributed by atoms with Gasteiger partial charge in [0.05, 0.1) is 6.61 Å². The fourth-order valence-electron chi connectivity index (χ4n) is 1.21. The fourth-order valence-corrected chi connectivity index (χ4v) is 1.65. The van der Waals surface area contributed by atoms with Gasteiger partial charge in [0, 0.05) is 12.6 Å². The smallest absolute Gasteiger partial charge is 0.357 e. The van der Waals surface area contributed by atoms with E-state index in [2.05, 4.69) is 16.2 Å². The number of hydrogen-bond acceptors (Lipinski definition) is 5. The Morgan fingerprint density at radius 1 is 1.56 bits per heavy atom. The van der Waals surface area contributed by atoms with Gasteiger partial charge >= 0.3 is 5.97 Å². The van der Waals surface area contributed by atoms with E-state index in [1.54, 1.807) is 30.9 Å². The minimum Gasteiger partial charge on any atom is -0.461 e. The van der Waals surface area contributed by atoms with Crippen molar-refractivity contribution in [2.45, 2.75) is 19.8 Å². The van der Waals surface area contributed by atoms with Crippen LogP contribution in [0.1, 0.15) is 29.7 Å². The Balaban J connectivity index is 2.60. The first-order chi connectivity index (χ1) is 7.77. The molecule has 0 bridgehead atoms. The molecule has 0 saturated carbocycles. The maximum absolute atomic E-state index is 11.4. The third kappa shape index (κ3) is 4.18. The average Bonchev–Trinajstić information content (AvgIpc) is 2.30. The van der Waals surface area contributed by atoms with Gasteiger partial charge in [-0.3, -0.25) is 0 Å². The zero-order valence-electron chi connectivity index (χ0n) is 9.60. The molecule has 0 aliphatic heterocycles. The number of thioether (sulfide) groups is 1. The van der Waals surface area contributed by atoms with Crippen molar-refractivity contribution in [1.29, 1.82) is 0 Å². The van der Waals surface area contributed by atoms with Gasteiger partial charge in [-0.1, -0.05) is 0 Å². The zero-order chi connectivity index (χ0) is 11.8. The monoisotopic (exact) mass is 240 g/mol. The second-order valence-corrected chi connectivity index (χ2v) is 4.16. The molecule has 0 aliphatic rings. The van der Waals surface area contributed by atoms with E-state index in [0.717, 1.165) is 18.6 Å². The predicted molar refractivity (Wildman–Crippen MR) is 64.7 cm³/mol. The Morgan fingerprint density at radius 2 is 2.38 bits per heavy atom. The minimum absolute atomic E-state index is 0.344. The quantitative estimate of drug-likeness (QED) is 0.562. The maximum atomic E-state index is 11.4. The first-order valence-corrected chi connectivity index (χ1v) is 6.65. The number of carbonyl (C=O) groups excluding carboxylic acids is 1. The largest absolute Gasteiger partial charge is 0.461 e. The average molecular weight is 240 g/mol. The van der Waals surface area contributed by atoms with Crippen LogP contribution in [-0.2, 0) is 11.2 Å². The molecule has 5 heteroatoms. The van der Waals surface area contributed by atoms with E-state index in [4.69, 9.17) is 4.74 Å². The number of ether oxygens (including phenoxy) is 1. The van der Waals surface area contributed by atoms with Crippen LogP contribution in [0.15, 0.2) is 12.3 Å². The minimum atomic E-state index is -0.379. The van der Waals surface area contributed by atoms with Gasteiger partial charge < -0.3 is 4.74 Å². The van der Waals surface area contributed by atoms with Crippen LogP contribution >= 0.6 is 11.8 Å². The van der Waals surface area contributed by atoms with Crippen molar-refractivity contribution in [1.82, 2.24) is 9.97 Å². The van der Waals surface area contributed by atoms with Gasteiger partial charge in [-0.15, -0.1) is 0 Å². The number of aromatic nitrogens is 2. The van der Waals surface area contributed by atoms with Crippen molar-refractivity contribution in [2.75, 3.05) is 18.6 Å². The Hall–Kier alpha value is -1.10. The van der Waals surface area contributed by atoms with Crippen molar-refractivity contribution in [3.63, 3.8) is 0 Å². The highest BCUT2D eigenvalue weighted by Crippen LogP contribution is 2.03. The SMILES string of the molecule is CCOC(=O)c1ccnc(CCCSC)n1. The molecule has 0 aliphatic carbocycles. The molecule has 1 heterocycles. The number of esters is 1. The third-order valence-electron chi connectivity index (χ3n) is 1.94. The molecule has 0 spiro atoms. The summed E-state index contributed by atoms with van der Waals surface area (Å²) in [4.78, 5) is 19.7. The summed E-state index contributed by atoms with van der Waals surface area (Å²) in [5, 5.41) is 0. The van der Waals surface area contributed by atoms with Crippen molar-refractivity contribution in [2.24, 2.45) is 0 Å². The number of carbonyl (C=O) groups is 1. The molecule has 0 fully saturated rings. The lowest BCUT2D eigenvalue weighted by atomic mass is 10.3. The Kier molecular flexibility index (Phi) is 5.85. The zero-order valence-corrected chi connectivity index (χ0v) is 10.4. The van der Waals surface area contributed by atoms with Crippen LogP contribution in [-0.4, -0.2) is 34.6 Å². The molecule has 0 radical (unpaired) electrons.